The van der Waals surface area contributed by atoms with Gasteiger partial charge in [-0.3, -0.25) is 0 Å². The largest absolute Gasteiger partial charge is 0.497 e. The highest BCUT2D eigenvalue weighted by atomic mass is 32.2. The Balaban J connectivity index is 1.74. The van der Waals surface area contributed by atoms with E-state index in [9.17, 15) is 0 Å². The maximum absolute atomic E-state index is 5.35. The molecule has 0 aliphatic heterocycles. The Morgan fingerprint density at radius 2 is 1.29 bits per heavy atom. The molecule has 0 aliphatic rings. The Morgan fingerprint density at radius 3 is 1.90 bits per heavy atom. The van der Waals surface area contributed by atoms with E-state index >= 15 is 0 Å². The van der Waals surface area contributed by atoms with Gasteiger partial charge in [0.1, 0.15) is 5.75 Å². The van der Waals surface area contributed by atoms with Gasteiger partial charge < -0.3 is 10.1 Å². The molecule has 3 heteroatoms. The molecule has 0 radical (unpaired) electrons. The van der Waals surface area contributed by atoms with Crippen LogP contribution in [0.4, 0.5) is 5.69 Å². The summed E-state index contributed by atoms with van der Waals surface area (Å²) in [5.74, 6) is 1.75. The number of methoxy groups -OCH3 is 1. The van der Waals surface area contributed by atoms with Gasteiger partial charge in [-0.25, -0.2) is 0 Å². The van der Waals surface area contributed by atoms with Crippen LogP contribution in [0.3, 0.4) is 0 Å². The third-order valence-electron chi connectivity index (χ3n) is 5.38. The van der Waals surface area contributed by atoms with Crippen LogP contribution in [0.2, 0.25) is 0 Å². The second-order valence-electron chi connectivity index (χ2n) is 7.57. The van der Waals surface area contributed by atoms with Crippen LogP contribution in [0.5, 0.6) is 5.75 Å². The summed E-state index contributed by atoms with van der Waals surface area (Å²) in [4.78, 5) is 1.27. The fourth-order valence-corrected chi connectivity index (χ4v) is 4.87. The Kier molecular flexibility index (Phi) is 6.96. The van der Waals surface area contributed by atoms with Gasteiger partial charge in [0.15, 0.2) is 0 Å². The molecule has 0 aliphatic carbocycles. The Hall–Kier alpha value is -3.17. The zero-order valence-electron chi connectivity index (χ0n) is 17.7. The first-order valence-electron chi connectivity index (χ1n) is 10.5. The van der Waals surface area contributed by atoms with Gasteiger partial charge in [-0.15, -0.1) is 11.8 Å². The van der Waals surface area contributed by atoms with Gasteiger partial charge in [-0.2, -0.15) is 0 Å². The zero-order valence-corrected chi connectivity index (χ0v) is 18.5. The third-order valence-corrected chi connectivity index (χ3v) is 6.62. The van der Waals surface area contributed by atoms with E-state index in [4.69, 9.17) is 4.74 Å². The summed E-state index contributed by atoms with van der Waals surface area (Å²) < 4.78 is 5.35. The highest BCUT2D eigenvalue weighted by molar-refractivity contribution is 7.99. The lowest BCUT2D eigenvalue weighted by Crippen LogP contribution is -2.40. The second kappa shape index (κ2) is 10.2. The van der Waals surface area contributed by atoms with Crippen LogP contribution < -0.4 is 10.1 Å². The number of benzene rings is 4. The van der Waals surface area contributed by atoms with Crippen molar-refractivity contribution in [2.75, 3.05) is 18.2 Å². The van der Waals surface area contributed by atoms with Crippen LogP contribution >= 0.6 is 11.8 Å². The van der Waals surface area contributed by atoms with E-state index in [0.29, 0.717) is 0 Å². The molecule has 0 aromatic heterocycles. The lowest BCUT2D eigenvalue weighted by molar-refractivity contribution is 0.415. The first kappa shape index (κ1) is 21.1. The number of nitrogens with one attached hydrogen (secondary N) is 1. The molecule has 4 aromatic carbocycles. The minimum atomic E-state index is -0.280. The van der Waals surface area contributed by atoms with E-state index in [1.165, 1.54) is 16.0 Å². The Labute approximate surface area is 189 Å². The molecule has 0 spiro atoms. The zero-order chi connectivity index (χ0) is 21.4. The summed E-state index contributed by atoms with van der Waals surface area (Å²) in [6.07, 6.45) is 0.879. The molecule has 0 fully saturated rings. The molecule has 0 heterocycles. The van der Waals surface area contributed by atoms with Crippen LogP contribution in [0.25, 0.3) is 0 Å². The number of thioether (sulfide) groups is 1. The van der Waals surface area contributed by atoms with Crippen molar-refractivity contribution in [2.45, 2.75) is 16.9 Å². The molecule has 1 unspecified atom stereocenters. The monoisotopic (exact) mass is 425 g/mol. The van der Waals surface area contributed by atoms with Gasteiger partial charge in [0.2, 0.25) is 0 Å². The van der Waals surface area contributed by atoms with E-state index in [1.54, 1.807) is 7.11 Å². The molecule has 0 saturated heterocycles. The fourth-order valence-electron chi connectivity index (χ4n) is 3.76. The summed E-state index contributed by atoms with van der Waals surface area (Å²) in [5.41, 5.74) is 3.38. The van der Waals surface area contributed by atoms with E-state index in [2.05, 4.69) is 108 Å². The fraction of sp³-hybridized carbons (Fsp3) is 0.143. The lowest BCUT2D eigenvalue weighted by Gasteiger charge is -2.37. The average molecular weight is 426 g/mol. The molecule has 0 saturated carbocycles. The Morgan fingerprint density at radius 1 is 0.710 bits per heavy atom. The van der Waals surface area contributed by atoms with Crippen molar-refractivity contribution in [3.63, 3.8) is 0 Å². The number of anilines is 1. The average Bonchev–Trinajstić information content (AvgIpc) is 2.85. The van der Waals surface area contributed by atoms with Gasteiger partial charge in [0, 0.05) is 22.8 Å². The van der Waals surface area contributed by atoms with Gasteiger partial charge in [-0.1, -0.05) is 78.9 Å². The molecule has 31 heavy (non-hydrogen) atoms. The highest BCUT2D eigenvalue weighted by Crippen LogP contribution is 2.36. The maximum Gasteiger partial charge on any atom is 0.119 e. The van der Waals surface area contributed by atoms with E-state index in [-0.39, 0.29) is 5.54 Å². The molecule has 1 atom stereocenters. The molecule has 0 bridgehead atoms. The summed E-state index contributed by atoms with van der Waals surface area (Å²) in [7, 11) is 1.70. The normalized spacial score (nSPS) is 12.7. The Bertz CT molecular complexity index is 1050. The topological polar surface area (TPSA) is 21.3 Å². The summed E-state index contributed by atoms with van der Waals surface area (Å²) in [5, 5.41) is 3.90. The van der Waals surface area contributed by atoms with Gasteiger partial charge >= 0.3 is 0 Å². The van der Waals surface area contributed by atoms with Gasteiger partial charge in [-0.05, 0) is 47.5 Å². The van der Waals surface area contributed by atoms with Crippen LogP contribution in [-0.2, 0) is 12.0 Å². The molecular weight excluding hydrogens is 398 g/mol. The molecule has 156 valence electrons. The first-order chi connectivity index (χ1) is 15.3. The van der Waals surface area contributed by atoms with Crippen LogP contribution in [0, 0.1) is 0 Å². The predicted octanol–water partition coefficient (Wildman–Crippen LogP) is 7.04. The smallest absolute Gasteiger partial charge is 0.119 e. The molecule has 1 N–H and O–H groups in total. The van der Waals surface area contributed by atoms with Crippen molar-refractivity contribution in [1.29, 1.82) is 0 Å². The highest BCUT2D eigenvalue weighted by Gasteiger charge is 2.33. The molecule has 4 rings (SSSR count). The van der Waals surface area contributed by atoms with Crippen molar-refractivity contribution in [3.05, 3.63) is 126 Å². The number of rotatable bonds is 9. The van der Waals surface area contributed by atoms with Gasteiger partial charge in [0.25, 0.3) is 0 Å². The number of ether oxygens (including phenoxy) is 1. The first-order valence-corrected chi connectivity index (χ1v) is 11.5. The number of hydrogen-bond acceptors (Lipinski definition) is 3. The van der Waals surface area contributed by atoms with Crippen LogP contribution in [0.15, 0.2) is 120 Å². The summed E-state index contributed by atoms with van der Waals surface area (Å²) >= 11 is 1.88. The van der Waals surface area contributed by atoms with Crippen molar-refractivity contribution >= 4 is 17.4 Å². The quantitative estimate of drug-likeness (QED) is 0.291. The minimum absolute atomic E-state index is 0.280. The van der Waals surface area contributed by atoms with E-state index in [1.807, 2.05) is 23.9 Å². The molecule has 4 aromatic rings. The maximum atomic E-state index is 5.35. The minimum Gasteiger partial charge on any atom is -0.497 e. The predicted molar refractivity (Wildman–Crippen MR) is 132 cm³/mol. The lowest BCUT2D eigenvalue weighted by atomic mass is 9.85. The van der Waals surface area contributed by atoms with Crippen LogP contribution in [0.1, 0.15) is 11.1 Å². The third kappa shape index (κ3) is 5.50. The SMILES string of the molecule is COc1ccc(NC(CSc2ccccc2)(Cc2ccccc2)c2ccccc2)cc1. The standard InChI is InChI=1S/C28H27NOS/c1-30-26-19-17-25(18-20-26)29-28(24-13-7-3-8-14-24,21-23-11-5-2-6-12-23)22-31-27-15-9-4-10-16-27/h2-20,29H,21-22H2,1H3. The van der Waals surface area contributed by atoms with Crippen molar-refractivity contribution in [2.24, 2.45) is 0 Å². The second-order valence-corrected chi connectivity index (χ2v) is 8.61. The van der Waals surface area contributed by atoms with Crippen LogP contribution in [-0.4, -0.2) is 12.9 Å². The van der Waals surface area contributed by atoms with Gasteiger partial charge in [0.05, 0.1) is 12.6 Å². The van der Waals surface area contributed by atoms with Crippen molar-refractivity contribution < 1.29 is 4.74 Å². The van der Waals surface area contributed by atoms with E-state index in [0.717, 1.165) is 23.6 Å². The van der Waals surface area contributed by atoms with E-state index < -0.39 is 0 Å². The summed E-state index contributed by atoms with van der Waals surface area (Å²) in [6.45, 7) is 0. The molecular formula is C28H27NOS. The van der Waals surface area contributed by atoms with Crippen molar-refractivity contribution in [3.8, 4) is 5.75 Å². The summed E-state index contributed by atoms with van der Waals surface area (Å²) in [6, 6.07) is 40.3. The molecule has 2 nitrogen and oxygen atoms in total. The number of hydrogen-bond donors (Lipinski definition) is 1. The van der Waals surface area contributed by atoms with Crippen molar-refractivity contribution in [1.82, 2.24) is 0 Å². The molecule has 0 amide bonds.